The van der Waals surface area contributed by atoms with E-state index in [0.29, 0.717) is 0 Å². The lowest BCUT2D eigenvalue weighted by atomic mass is 9.65. The average molecular weight is 527 g/mol. The third kappa shape index (κ3) is 4.71. The highest BCUT2D eigenvalue weighted by molar-refractivity contribution is 5.69. The predicted molar refractivity (Wildman–Crippen MR) is 155 cm³/mol. The van der Waals surface area contributed by atoms with Crippen LogP contribution in [-0.2, 0) is 5.41 Å². The van der Waals surface area contributed by atoms with Gasteiger partial charge in [0.15, 0.2) is 0 Å². The molecule has 0 N–H and O–H groups in total. The largest absolute Gasteiger partial charge is 0.207 e. The predicted octanol–water partition coefficient (Wildman–Crippen LogP) is 9.82. The van der Waals surface area contributed by atoms with Crippen molar-refractivity contribution in [2.75, 3.05) is 0 Å². The molecule has 0 aliphatic carbocycles. The van der Waals surface area contributed by atoms with Crippen LogP contribution in [0.15, 0.2) is 152 Å². The maximum atomic E-state index is 14.8. The molecule has 0 aromatic heterocycles. The quantitative estimate of drug-likeness (QED) is 0.190. The maximum Gasteiger partial charge on any atom is 0.123 e. The summed E-state index contributed by atoms with van der Waals surface area (Å²) >= 11 is 0. The highest BCUT2D eigenvalue weighted by Gasteiger charge is 2.38. The minimum absolute atomic E-state index is 0.293. The van der Waals surface area contributed by atoms with E-state index in [-0.39, 0.29) is 17.5 Å². The van der Waals surface area contributed by atoms with Crippen LogP contribution in [0.3, 0.4) is 0 Å². The average Bonchev–Trinajstić information content (AvgIpc) is 2.99. The van der Waals surface area contributed by atoms with Crippen molar-refractivity contribution in [1.82, 2.24) is 0 Å². The van der Waals surface area contributed by atoms with E-state index in [1.165, 1.54) is 30.3 Å². The maximum absolute atomic E-state index is 14.8. The van der Waals surface area contributed by atoms with Crippen LogP contribution >= 0.6 is 0 Å². The van der Waals surface area contributed by atoms with E-state index in [0.717, 1.165) is 44.5 Å². The van der Waals surface area contributed by atoms with Gasteiger partial charge in [-0.05, 0) is 80.9 Å². The summed E-state index contributed by atoms with van der Waals surface area (Å²) in [4.78, 5) is 0. The molecule has 0 aliphatic heterocycles. The van der Waals surface area contributed by atoms with Gasteiger partial charge < -0.3 is 0 Å². The van der Waals surface area contributed by atoms with Gasteiger partial charge in [-0.15, -0.1) is 0 Å². The van der Waals surface area contributed by atoms with Gasteiger partial charge in [0.2, 0.25) is 0 Å². The molecule has 0 heterocycles. The highest BCUT2D eigenvalue weighted by Crippen LogP contribution is 2.46. The molecular formula is C37H25F3. The van der Waals surface area contributed by atoms with Crippen molar-refractivity contribution >= 4 is 0 Å². The van der Waals surface area contributed by atoms with Gasteiger partial charge in [-0.2, -0.15) is 0 Å². The Morgan fingerprint density at radius 2 is 0.700 bits per heavy atom. The lowest BCUT2D eigenvalue weighted by molar-refractivity contribution is 0.619. The lowest BCUT2D eigenvalue weighted by Gasteiger charge is -2.37. The van der Waals surface area contributed by atoms with Gasteiger partial charge in [0.1, 0.15) is 17.5 Å². The SMILES string of the molecule is Fc1cccc(-c2ccc(C(c3ccccc3)(c3ccc(-c4cccc(F)c4)cc3)c3cccc(F)c3)cc2)c1. The van der Waals surface area contributed by atoms with Crippen LogP contribution in [0.4, 0.5) is 13.2 Å². The van der Waals surface area contributed by atoms with Gasteiger partial charge in [0, 0.05) is 0 Å². The van der Waals surface area contributed by atoms with Crippen molar-refractivity contribution < 1.29 is 13.2 Å². The van der Waals surface area contributed by atoms with E-state index in [4.69, 9.17) is 0 Å². The first-order valence-electron chi connectivity index (χ1n) is 13.1. The zero-order chi connectivity index (χ0) is 27.5. The van der Waals surface area contributed by atoms with E-state index in [1.807, 2.05) is 97.1 Å². The van der Waals surface area contributed by atoms with Crippen LogP contribution in [0.25, 0.3) is 22.3 Å². The summed E-state index contributed by atoms with van der Waals surface area (Å²) in [7, 11) is 0. The molecule has 0 atom stereocenters. The summed E-state index contributed by atoms with van der Waals surface area (Å²) in [5, 5.41) is 0. The van der Waals surface area contributed by atoms with E-state index in [2.05, 4.69) is 0 Å². The smallest absolute Gasteiger partial charge is 0.123 e. The standard InChI is InChI=1S/C37H25F3/c38-34-12-4-7-28(23-34)26-15-19-31(20-16-26)37(30-9-2-1-3-10-30,33-11-6-14-36(40)25-33)32-21-17-27(18-22-32)29-8-5-13-35(39)24-29/h1-25H. The minimum atomic E-state index is -0.857. The molecular weight excluding hydrogens is 501 g/mol. The van der Waals surface area contributed by atoms with Gasteiger partial charge in [-0.3, -0.25) is 0 Å². The molecule has 0 saturated heterocycles. The fourth-order valence-electron chi connectivity index (χ4n) is 5.57. The molecule has 0 radical (unpaired) electrons. The topological polar surface area (TPSA) is 0 Å². The van der Waals surface area contributed by atoms with Crippen molar-refractivity contribution in [3.05, 3.63) is 191 Å². The number of hydrogen-bond acceptors (Lipinski definition) is 0. The molecule has 0 spiro atoms. The van der Waals surface area contributed by atoms with Gasteiger partial charge in [-0.25, -0.2) is 13.2 Å². The van der Waals surface area contributed by atoms with Crippen LogP contribution in [0.1, 0.15) is 22.3 Å². The molecule has 40 heavy (non-hydrogen) atoms. The molecule has 0 unspecified atom stereocenters. The number of rotatable bonds is 6. The molecule has 0 amide bonds. The molecule has 6 rings (SSSR count). The normalized spacial score (nSPS) is 11.4. The summed E-state index contributed by atoms with van der Waals surface area (Å²) in [5.41, 5.74) is 6.07. The molecule has 0 fully saturated rings. The summed E-state index contributed by atoms with van der Waals surface area (Å²) in [6, 6.07) is 45.7. The van der Waals surface area contributed by atoms with E-state index >= 15 is 0 Å². The van der Waals surface area contributed by atoms with Gasteiger partial charge in [0.05, 0.1) is 5.41 Å². The van der Waals surface area contributed by atoms with E-state index < -0.39 is 5.41 Å². The number of hydrogen-bond donors (Lipinski definition) is 0. The van der Waals surface area contributed by atoms with Crippen LogP contribution in [0, 0.1) is 17.5 Å². The Hall–Kier alpha value is -4.89. The molecule has 0 nitrogen and oxygen atoms in total. The fraction of sp³-hybridized carbons (Fsp3) is 0.0270. The summed E-state index contributed by atoms with van der Waals surface area (Å²) in [6.07, 6.45) is 0. The summed E-state index contributed by atoms with van der Waals surface area (Å²) in [6.45, 7) is 0. The Morgan fingerprint density at radius 1 is 0.300 bits per heavy atom. The number of benzene rings is 6. The Morgan fingerprint density at radius 3 is 1.15 bits per heavy atom. The molecule has 0 bridgehead atoms. The Balaban J connectivity index is 1.58. The lowest BCUT2D eigenvalue weighted by Crippen LogP contribution is -2.31. The summed E-state index contributed by atoms with van der Waals surface area (Å²) in [5.74, 6) is -0.915. The third-order valence-corrected chi connectivity index (χ3v) is 7.42. The van der Waals surface area contributed by atoms with E-state index in [1.54, 1.807) is 24.3 Å². The van der Waals surface area contributed by atoms with Crippen LogP contribution in [0.5, 0.6) is 0 Å². The molecule has 194 valence electrons. The Labute approximate surface area is 232 Å². The molecule has 6 aromatic carbocycles. The first-order valence-corrected chi connectivity index (χ1v) is 13.1. The van der Waals surface area contributed by atoms with Crippen molar-refractivity contribution in [3.63, 3.8) is 0 Å². The highest BCUT2D eigenvalue weighted by atomic mass is 19.1. The van der Waals surface area contributed by atoms with E-state index in [9.17, 15) is 13.2 Å². The minimum Gasteiger partial charge on any atom is -0.207 e. The number of halogens is 3. The molecule has 6 aromatic rings. The second-order valence-electron chi connectivity index (χ2n) is 9.80. The van der Waals surface area contributed by atoms with Crippen molar-refractivity contribution in [2.24, 2.45) is 0 Å². The molecule has 3 heteroatoms. The zero-order valence-corrected chi connectivity index (χ0v) is 21.6. The van der Waals surface area contributed by atoms with Crippen molar-refractivity contribution in [2.45, 2.75) is 5.41 Å². The van der Waals surface area contributed by atoms with Crippen LogP contribution < -0.4 is 0 Å². The Bertz CT molecular complexity index is 1670. The monoisotopic (exact) mass is 526 g/mol. The van der Waals surface area contributed by atoms with Crippen LogP contribution in [-0.4, -0.2) is 0 Å². The summed E-state index contributed by atoms with van der Waals surface area (Å²) < 4.78 is 42.7. The molecule has 0 aliphatic rings. The third-order valence-electron chi connectivity index (χ3n) is 7.42. The second kappa shape index (κ2) is 10.7. The second-order valence-corrected chi connectivity index (χ2v) is 9.80. The Kier molecular flexibility index (Phi) is 6.79. The first-order chi connectivity index (χ1) is 19.5. The van der Waals surface area contributed by atoms with Crippen molar-refractivity contribution in [3.8, 4) is 22.3 Å². The fourth-order valence-corrected chi connectivity index (χ4v) is 5.57. The zero-order valence-electron chi connectivity index (χ0n) is 21.6. The van der Waals surface area contributed by atoms with Crippen molar-refractivity contribution in [1.29, 1.82) is 0 Å². The van der Waals surface area contributed by atoms with Gasteiger partial charge >= 0.3 is 0 Å². The van der Waals surface area contributed by atoms with Gasteiger partial charge in [0.25, 0.3) is 0 Å². The first kappa shape index (κ1) is 25.4. The van der Waals surface area contributed by atoms with Crippen LogP contribution in [0.2, 0.25) is 0 Å². The molecule has 0 saturated carbocycles. The van der Waals surface area contributed by atoms with Gasteiger partial charge in [-0.1, -0.05) is 115 Å².